The number of benzene rings is 3. The van der Waals surface area contributed by atoms with Gasteiger partial charge in [-0.2, -0.15) is 0 Å². The zero-order chi connectivity index (χ0) is 15.1. The molecule has 0 aliphatic heterocycles. The minimum absolute atomic E-state index is 0.828. The number of pyridine rings is 1. The zero-order valence-corrected chi connectivity index (χ0v) is 14.7. The first-order valence-corrected chi connectivity index (χ1v) is 8.55. The van der Waals surface area contributed by atoms with Crippen LogP contribution in [0.5, 0.6) is 0 Å². The zero-order valence-electron chi connectivity index (χ0n) is 11.6. The quantitative estimate of drug-likeness (QED) is 0.254. The van der Waals surface area contributed by atoms with Crippen LogP contribution in [0.2, 0.25) is 0 Å². The third-order valence-electron chi connectivity index (χ3n) is 3.82. The lowest BCUT2D eigenvalue weighted by atomic mass is 9.93. The van der Waals surface area contributed by atoms with E-state index in [1.54, 1.807) is 0 Å². The van der Waals surface area contributed by atoms with Crippen molar-refractivity contribution in [2.75, 3.05) is 0 Å². The molecule has 1 aromatic heterocycles. The van der Waals surface area contributed by atoms with Crippen molar-refractivity contribution in [1.29, 1.82) is 0 Å². The summed E-state index contributed by atoms with van der Waals surface area (Å²) in [6.07, 6.45) is 0. The highest BCUT2D eigenvalue weighted by molar-refractivity contribution is 9.11. The highest BCUT2D eigenvalue weighted by Crippen LogP contribution is 2.37. The highest BCUT2D eigenvalue weighted by Gasteiger charge is 2.11. The fourth-order valence-electron chi connectivity index (χ4n) is 2.93. The van der Waals surface area contributed by atoms with E-state index in [1.165, 1.54) is 27.1 Å². The summed E-state index contributed by atoms with van der Waals surface area (Å²) in [5.74, 6) is 0. The van der Waals surface area contributed by atoms with Crippen molar-refractivity contribution in [3.63, 3.8) is 0 Å². The molecule has 0 bridgehead atoms. The average molecular weight is 413 g/mol. The average Bonchev–Trinajstić information content (AvgIpc) is 2.51. The molecular weight excluding hydrogens is 402 g/mol. The molecule has 22 heavy (non-hydrogen) atoms. The Balaban J connectivity index is 2.21. The Morgan fingerprint density at radius 1 is 0.636 bits per heavy atom. The summed E-state index contributed by atoms with van der Waals surface area (Å²) in [5, 5.41) is 5.01. The van der Waals surface area contributed by atoms with E-state index in [0.29, 0.717) is 0 Å². The molecule has 0 atom stereocenters. The van der Waals surface area contributed by atoms with E-state index >= 15 is 0 Å². The predicted octanol–water partition coefficient (Wildman–Crippen LogP) is 6.58. The molecule has 4 rings (SSSR count). The molecule has 0 aliphatic rings. The molecule has 3 aromatic carbocycles. The van der Waals surface area contributed by atoms with Gasteiger partial charge in [0.2, 0.25) is 0 Å². The number of hydrogen-bond acceptors (Lipinski definition) is 1. The minimum Gasteiger partial charge on any atom is -0.234 e. The molecule has 0 saturated heterocycles. The Hall–Kier alpha value is -1.71. The topological polar surface area (TPSA) is 12.9 Å². The summed E-state index contributed by atoms with van der Waals surface area (Å²) in [4.78, 5) is 4.35. The number of fused-ring (bicyclic) bond motifs is 2. The molecule has 4 aromatic rings. The second kappa shape index (κ2) is 5.49. The maximum absolute atomic E-state index is 4.35. The standard InChI is InChI=1S/C19H11Br2N/c20-17-10-14(11-18(21)22-17)19-15-7-3-1-5-12(15)9-13-6-2-4-8-16(13)19/h1-11H. The Kier molecular flexibility index (Phi) is 3.47. The van der Waals surface area contributed by atoms with Crippen LogP contribution in [0, 0.1) is 0 Å². The lowest BCUT2D eigenvalue weighted by molar-refractivity contribution is 1.23. The van der Waals surface area contributed by atoms with Gasteiger partial charge in [-0.3, -0.25) is 0 Å². The first-order chi connectivity index (χ1) is 10.7. The van der Waals surface area contributed by atoms with E-state index in [4.69, 9.17) is 0 Å². The van der Waals surface area contributed by atoms with Crippen molar-refractivity contribution in [1.82, 2.24) is 4.98 Å². The first kappa shape index (κ1) is 13.9. The van der Waals surface area contributed by atoms with Gasteiger partial charge in [0.05, 0.1) is 0 Å². The van der Waals surface area contributed by atoms with Gasteiger partial charge in [0, 0.05) is 0 Å². The molecule has 0 amide bonds. The van der Waals surface area contributed by atoms with Crippen LogP contribution in [0.4, 0.5) is 0 Å². The van der Waals surface area contributed by atoms with Gasteiger partial charge in [0.1, 0.15) is 9.21 Å². The number of halogens is 2. The summed E-state index contributed by atoms with van der Waals surface area (Å²) in [6.45, 7) is 0. The van der Waals surface area contributed by atoms with Crippen LogP contribution in [-0.2, 0) is 0 Å². The van der Waals surface area contributed by atoms with Crippen LogP contribution in [0.3, 0.4) is 0 Å². The van der Waals surface area contributed by atoms with Crippen LogP contribution in [0.25, 0.3) is 32.7 Å². The third-order valence-corrected chi connectivity index (χ3v) is 4.64. The van der Waals surface area contributed by atoms with Crippen LogP contribution in [-0.4, -0.2) is 4.98 Å². The SMILES string of the molecule is Brc1cc(-c2c3ccccc3cc3ccccc23)cc(Br)n1. The van der Waals surface area contributed by atoms with Crippen LogP contribution < -0.4 is 0 Å². The van der Waals surface area contributed by atoms with E-state index in [0.717, 1.165) is 14.8 Å². The summed E-state index contributed by atoms with van der Waals surface area (Å²) < 4.78 is 1.66. The molecule has 0 spiro atoms. The van der Waals surface area contributed by atoms with E-state index < -0.39 is 0 Å². The van der Waals surface area contributed by atoms with Crippen molar-refractivity contribution in [3.05, 3.63) is 75.9 Å². The molecule has 106 valence electrons. The van der Waals surface area contributed by atoms with Gasteiger partial charge in [0.15, 0.2) is 0 Å². The maximum atomic E-state index is 4.35. The highest BCUT2D eigenvalue weighted by atomic mass is 79.9. The number of hydrogen-bond donors (Lipinski definition) is 0. The second-order valence-corrected chi connectivity index (χ2v) is 6.82. The Labute approximate surface area is 145 Å². The fraction of sp³-hybridized carbons (Fsp3) is 0. The molecule has 1 nitrogen and oxygen atoms in total. The number of aromatic nitrogens is 1. The van der Waals surface area contributed by atoms with Crippen molar-refractivity contribution < 1.29 is 0 Å². The normalized spacial score (nSPS) is 11.2. The second-order valence-electron chi connectivity index (χ2n) is 5.20. The lowest BCUT2D eigenvalue weighted by Crippen LogP contribution is -1.87. The van der Waals surface area contributed by atoms with Crippen molar-refractivity contribution in [3.8, 4) is 11.1 Å². The van der Waals surface area contributed by atoms with Gasteiger partial charge >= 0.3 is 0 Å². The molecule has 3 heteroatoms. The molecule has 1 heterocycles. The monoisotopic (exact) mass is 411 g/mol. The van der Waals surface area contributed by atoms with Crippen LogP contribution >= 0.6 is 31.9 Å². The van der Waals surface area contributed by atoms with Crippen molar-refractivity contribution >= 4 is 53.4 Å². The summed E-state index contributed by atoms with van der Waals surface area (Å²) in [6, 6.07) is 23.4. The van der Waals surface area contributed by atoms with E-state index in [2.05, 4.69) is 104 Å². The minimum atomic E-state index is 0.828. The predicted molar refractivity (Wildman–Crippen MR) is 100 cm³/mol. The Morgan fingerprint density at radius 2 is 1.14 bits per heavy atom. The van der Waals surface area contributed by atoms with E-state index in [9.17, 15) is 0 Å². The van der Waals surface area contributed by atoms with Gasteiger partial charge in [-0.25, -0.2) is 4.98 Å². The largest absolute Gasteiger partial charge is 0.234 e. The van der Waals surface area contributed by atoms with E-state index in [1.807, 2.05) is 0 Å². The smallest absolute Gasteiger partial charge is 0.108 e. The molecule has 0 radical (unpaired) electrons. The Bertz CT molecular complexity index is 934. The number of nitrogens with zero attached hydrogens (tertiary/aromatic N) is 1. The third kappa shape index (κ3) is 2.34. The van der Waals surface area contributed by atoms with Gasteiger partial charge in [-0.15, -0.1) is 0 Å². The molecule has 0 fully saturated rings. The Morgan fingerprint density at radius 3 is 1.68 bits per heavy atom. The maximum Gasteiger partial charge on any atom is 0.108 e. The van der Waals surface area contributed by atoms with Crippen molar-refractivity contribution in [2.24, 2.45) is 0 Å². The molecule has 0 aliphatic carbocycles. The number of rotatable bonds is 1. The van der Waals surface area contributed by atoms with Gasteiger partial charge in [0.25, 0.3) is 0 Å². The van der Waals surface area contributed by atoms with Gasteiger partial charge in [-0.05, 0) is 82.7 Å². The molecular formula is C19H11Br2N. The molecule has 0 N–H and O–H groups in total. The van der Waals surface area contributed by atoms with Crippen molar-refractivity contribution in [2.45, 2.75) is 0 Å². The first-order valence-electron chi connectivity index (χ1n) is 6.96. The summed E-state index contributed by atoms with van der Waals surface area (Å²) in [5.41, 5.74) is 2.40. The summed E-state index contributed by atoms with van der Waals surface area (Å²) >= 11 is 6.99. The van der Waals surface area contributed by atoms with E-state index in [-0.39, 0.29) is 0 Å². The molecule has 0 unspecified atom stereocenters. The van der Waals surface area contributed by atoms with Gasteiger partial charge in [-0.1, -0.05) is 48.5 Å². The van der Waals surface area contributed by atoms with Gasteiger partial charge < -0.3 is 0 Å². The lowest BCUT2D eigenvalue weighted by Gasteiger charge is -2.12. The summed E-state index contributed by atoms with van der Waals surface area (Å²) in [7, 11) is 0. The van der Waals surface area contributed by atoms with Crippen LogP contribution in [0.1, 0.15) is 0 Å². The fourth-order valence-corrected chi connectivity index (χ4v) is 4.05. The van der Waals surface area contributed by atoms with Crippen LogP contribution in [0.15, 0.2) is 75.9 Å². The molecule has 0 saturated carbocycles.